The maximum atomic E-state index is 8.84. The van der Waals surface area contributed by atoms with Crippen LogP contribution in [-0.2, 0) is 4.74 Å². The van der Waals surface area contributed by atoms with Crippen molar-refractivity contribution in [3.63, 3.8) is 0 Å². The Hall–Kier alpha value is -1.87. The van der Waals surface area contributed by atoms with Crippen molar-refractivity contribution < 1.29 is 4.74 Å². The standard InChI is InChI=1S/C11H15N5O/c1-2-14-10-6-13-7-11(15-10)16-3-4-17-9(5-12)8-16/h6-7,9H,2-4,8H2,1H3,(H,14,15). The van der Waals surface area contributed by atoms with Crippen LogP contribution in [0.2, 0.25) is 0 Å². The molecule has 1 atom stereocenters. The lowest BCUT2D eigenvalue weighted by molar-refractivity contribution is 0.0761. The minimum Gasteiger partial charge on any atom is -0.369 e. The zero-order valence-electron chi connectivity index (χ0n) is 9.76. The highest BCUT2D eigenvalue weighted by Gasteiger charge is 2.21. The second-order valence-corrected chi connectivity index (χ2v) is 3.73. The molecule has 1 fully saturated rings. The van der Waals surface area contributed by atoms with E-state index in [1.807, 2.05) is 11.8 Å². The van der Waals surface area contributed by atoms with Gasteiger partial charge in [0.2, 0.25) is 0 Å². The first kappa shape index (κ1) is 11.6. The summed E-state index contributed by atoms with van der Waals surface area (Å²) in [5, 5.41) is 12.0. The molecule has 0 bridgehead atoms. The third-order valence-corrected chi connectivity index (χ3v) is 2.51. The van der Waals surface area contributed by atoms with Crippen LogP contribution in [0.4, 0.5) is 11.6 Å². The first-order valence-corrected chi connectivity index (χ1v) is 5.65. The Balaban J connectivity index is 2.10. The van der Waals surface area contributed by atoms with Crippen molar-refractivity contribution in [2.45, 2.75) is 13.0 Å². The van der Waals surface area contributed by atoms with Crippen molar-refractivity contribution >= 4 is 11.6 Å². The summed E-state index contributed by atoms with van der Waals surface area (Å²) in [7, 11) is 0. The van der Waals surface area contributed by atoms with Gasteiger partial charge in [-0.3, -0.25) is 4.98 Å². The monoisotopic (exact) mass is 233 g/mol. The van der Waals surface area contributed by atoms with Gasteiger partial charge >= 0.3 is 0 Å². The van der Waals surface area contributed by atoms with Gasteiger partial charge in [0, 0.05) is 13.1 Å². The number of hydrogen-bond donors (Lipinski definition) is 1. The molecule has 17 heavy (non-hydrogen) atoms. The molecule has 90 valence electrons. The van der Waals surface area contributed by atoms with Crippen LogP contribution in [0.3, 0.4) is 0 Å². The number of ether oxygens (including phenoxy) is 1. The van der Waals surface area contributed by atoms with Gasteiger partial charge in [-0.2, -0.15) is 5.26 Å². The van der Waals surface area contributed by atoms with E-state index in [1.165, 1.54) is 0 Å². The summed E-state index contributed by atoms with van der Waals surface area (Å²) < 4.78 is 5.29. The molecule has 1 aromatic heterocycles. The molecule has 0 aliphatic carbocycles. The molecule has 0 saturated carbocycles. The van der Waals surface area contributed by atoms with Crippen molar-refractivity contribution in [1.82, 2.24) is 9.97 Å². The Bertz CT molecular complexity index is 417. The van der Waals surface area contributed by atoms with E-state index in [4.69, 9.17) is 10.00 Å². The highest BCUT2D eigenvalue weighted by molar-refractivity contribution is 5.44. The Morgan fingerprint density at radius 1 is 1.65 bits per heavy atom. The highest BCUT2D eigenvalue weighted by Crippen LogP contribution is 2.15. The largest absolute Gasteiger partial charge is 0.369 e. The molecule has 1 aliphatic rings. The van der Waals surface area contributed by atoms with Gasteiger partial charge in [-0.15, -0.1) is 0 Å². The summed E-state index contributed by atoms with van der Waals surface area (Å²) in [6.45, 7) is 4.64. The molecule has 1 aliphatic heterocycles. The van der Waals surface area contributed by atoms with Crippen molar-refractivity contribution in [3.8, 4) is 6.07 Å². The zero-order valence-corrected chi connectivity index (χ0v) is 9.76. The SMILES string of the molecule is CCNc1cncc(N2CCOC(C#N)C2)n1. The van der Waals surface area contributed by atoms with E-state index in [-0.39, 0.29) is 6.10 Å². The minimum absolute atomic E-state index is 0.381. The van der Waals surface area contributed by atoms with Gasteiger partial charge in [-0.25, -0.2) is 4.98 Å². The fourth-order valence-corrected chi connectivity index (χ4v) is 1.71. The van der Waals surface area contributed by atoms with Crippen LogP contribution in [-0.4, -0.2) is 42.3 Å². The predicted octanol–water partition coefficient (Wildman–Crippen LogP) is 0.637. The zero-order chi connectivity index (χ0) is 12.1. The Kier molecular flexibility index (Phi) is 3.73. The number of nitrogens with one attached hydrogen (secondary N) is 1. The number of rotatable bonds is 3. The van der Waals surface area contributed by atoms with Crippen molar-refractivity contribution in [3.05, 3.63) is 12.4 Å². The first-order chi connectivity index (χ1) is 8.33. The van der Waals surface area contributed by atoms with Gasteiger partial charge in [-0.1, -0.05) is 0 Å². The van der Waals surface area contributed by atoms with Crippen LogP contribution >= 0.6 is 0 Å². The number of anilines is 2. The van der Waals surface area contributed by atoms with Crippen molar-refractivity contribution in [2.24, 2.45) is 0 Å². The lowest BCUT2D eigenvalue weighted by atomic mass is 10.3. The van der Waals surface area contributed by atoms with E-state index in [9.17, 15) is 0 Å². The second-order valence-electron chi connectivity index (χ2n) is 3.73. The summed E-state index contributed by atoms with van der Waals surface area (Å²) >= 11 is 0. The molecule has 0 aromatic carbocycles. The number of morpholine rings is 1. The Morgan fingerprint density at radius 3 is 3.29 bits per heavy atom. The van der Waals surface area contributed by atoms with Gasteiger partial charge in [0.1, 0.15) is 11.6 Å². The summed E-state index contributed by atoms with van der Waals surface area (Å²) in [5.74, 6) is 1.54. The van der Waals surface area contributed by atoms with Gasteiger partial charge in [0.05, 0.1) is 31.6 Å². The van der Waals surface area contributed by atoms with E-state index in [0.29, 0.717) is 13.2 Å². The van der Waals surface area contributed by atoms with Crippen LogP contribution in [0.25, 0.3) is 0 Å². The van der Waals surface area contributed by atoms with Gasteiger partial charge in [-0.05, 0) is 6.92 Å². The molecule has 0 spiro atoms. The number of nitriles is 1. The van der Waals surface area contributed by atoms with Gasteiger partial charge in [0.25, 0.3) is 0 Å². The lowest BCUT2D eigenvalue weighted by Crippen LogP contribution is -2.42. The van der Waals surface area contributed by atoms with Crippen LogP contribution in [0.15, 0.2) is 12.4 Å². The molecule has 6 nitrogen and oxygen atoms in total. The quantitative estimate of drug-likeness (QED) is 0.825. The fraction of sp³-hybridized carbons (Fsp3) is 0.545. The molecule has 6 heteroatoms. The fourth-order valence-electron chi connectivity index (χ4n) is 1.71. The summed E-state index contributed by atoms with van der Waals surface area (Å²) in [6, 6.07) is 2.12. The molecule has 2 rings (SSSR count). The van der Waals surface area contributed by atoms with Crippen LogP contribution in [0.1, 0.15) is 6.92 Å². The maximum Gasteiger partial charge on any atom is 0.161 e. The van der Waals surface area contributed by atoms with Gasteiger partial charge in [0.15, 0.2) is 6.10 Å². The first-order valence-electron chi connectivity index (χ1n) is 5.65. The average molecular weight is 233 g/mol. The summed E-state index contributed by atoms with van der Waals surface area (Å²) in [5.41, 5.74) is 0. The maximum absolute atomic E-state index is 8.84. The van der Waals surface area contributed by atoms with E-state index in [2.05, 4.69) is 21.4 Å². The molecular formula is C11H15N5O. The molecule has 2 heterocycles. The van der Waals surface area contributed by atoms with Gasteiger partial charge < -0.3 is 15.0 Å². The van der Waals surface area contributed by atoms with Crippen molar-refractivity contribution in [1.29, 1.82) is 5.26 Å². The predicted molar refractivity (Wildman–Crippen MR) is 63.8 cm³/mol. The van der Waals surface area contributed by atoms with Crippen LogP contribution in [0.5, 0.6) is 0 Å². The summed E-state index contributed by atoms with van der Waals surface area (Å²) in [6.07, 6.45) is 3.02. The molecule has 0 radical (unpaired) electrons. The average Bonchev–Trinajstić information content (AvgIpc) is 2.40. The number of hydrogen-bond acceptors (Lipinski definition) is 6. The third kappa shape index (κ3) is 2.82. The number of nitrogens with zero attached hydrogens (tertiary/aromatic N) is 4. The molecule has 1 N–H and O–H groups in total. The molecule has 1 saturated heterocycles. The van der Waals surface area contributed by atoms with Crippen LogP contribution < -0.4 is 10.2 Å². The van der Waals surface area contributed by atoms with E-state index >= 15 is 0 Å². The Morgan fingerprint density at radius 2 is 2.53 bits per heavy atom. The lowest BCUT2D eigenvalue weighted by Gasteiger charge is -2.30. The second kappa shape index (κ2) is 5.46. The van der Waals surface area contributed by atoms with Crippen molar-refractivity contribution in [2.75, 3.05) is 36.5 Å². The highest BCUT2D eigenvalue weighted by atomic mass is 16.5. The van der Waals surface area contributed by atoms with Crippen LogP contribution in [0, 0.1) is 11.3 Å². The summed E-state index contributed by atoms with van der Waals surface area (Å²) in [4.78, 5) is 10.6. The van der Waals surface area contributed by atoms with E-state index in [1.54, 1.807) is 12.4 Å². The topological polar surface area (TPSA) is 74.1 Å². The normalized spacial score (nSPS) is 19.8. The molecule has 0 amide bonds. The minimum atomic E-state index is -0.381. The Labute approximate surface area is 100 Å². The van der Waals surface area contributed by atoms with E-state index in [0.717, 1.165) is 24.7 Å². The smallest absolute Gasteiger partial charge is 0.161 e. The molecule has 1 unspecified atom stereocenters. The van der Waals surface area contributed by atoms with E-state index < -0.39 is 0 Å². The third-order valence-electron chi connectivity index (χ3n) is 2.51. The number of aromatic nitrogens is 2. The molecular weight excluding hydrogens is 218 g/mol. The molecule has 1 aromatic rings.